The molecule has 7 nitrogen and oxygen atoms in total. The summed E-state index contributed by atoms with van der Waals surface area (Å²) >= 11 is 10.6. The predicted molar refractivity (Wildman–Crippen MR) is 96.7 cm³/mol. The first kappa shape index (κ1) is 18.5. The molecule has 130 valence electrons. The number of ether oxygens (including phenoxy) is 1. The summed E-state index contributed by atoms with van der Waals surface area (Å²) in [4.78, 5) is 23.2. The Hall–Kier alpha value is -2.84. The van der Waals surface area contributed by atoms with Crippen LogP contribution in [0.25, 0.3) is 6.08 Å². The quantitative estimate of drug-likeness (QED) is 0.418. The van der Waals surface area contributed by atoms with Gasteiger partial charge in [0.05, 0.1) is 6.26 Å². The van der Waals surface area contributed by atoms with Crippen molar-refractivity contribution in [1.82, 2.24) is 16.2 Å². The molecular weight excluding hydrogens is 366 g/mol. The summed E-state index contributed by atoms with van der Waals surface area (Å²) in [5.41, 5.74) is 4.69. The summed E-state index contributed by atoms with van der Waals surface area (Å²) in [7, 11) is 0. The molecule has 0 saturated heterocycles. The number of furan rings is 1. The fourth-order valence-corrected chi connectivity index (χ4v) is 1.85. The van der Waals surface area contributed by atoms with E-state index >= 15 is 0 Å². The van der Waals surface area contributed by atoms with Gasteiger partial charge >= 0.3 is 0 Å². The van der Waals surface area contributed by atoms with Crippen molar-refractivity contribution in [2.75, 3.05) is 6.61 Å². The largest absolute Gasteiger partial charge is 0.484 e. The van der Waals surface area contributed by atoms with Crippen LogP contribution in [0, 0.1) is 0 Å². The molecule has 0 unspecified atom stereocenters. The van der Waals surface area contributed by atoms with Crippen LogP contribution < -0.4 is 20.9 Å². The Labute approximate surface area is 154 Å². The summed E-state index contributed by atoms with van der Waals surface area (Å²) in [6, 6.07) is 9.97. The van der Waals surface area contributed by atoms with Crippen molar-refractivity contribution in [3.63, 3.8) is 0 Å². The fraction of sp³-hybridized carbons (Fsp3) is 0.0625. The Balaban J connectivity index is 1.65. The lowest BCUT2D eigenvalue weighted by atomic mass is 10.3. The maximum absolute atomic E-state index is 11.6. The molecule has 2 rings (SSSR count). The molecule has 0 aliphatic carbocycles. The van der Waals surface area contributed by atoms with Gasteiger partial charge in [0.25, 0.3) is 5.91 Å². The number of carbonyl (C=O) groups is 2. The van der Waals surface area contributed by atoms with E-state index in [-0.39, 0.29) is 11.7 Å². The van der Waals surface area contributed by atoms with E-state index < -0.39 is 11.8 Å². The molecule has 3 N–H and O–H groups in total. The number of hydrazine groups is 1. The smallest absolute Gasteiger partial charge is 0.276 e. The van der Waals surface area contributed by atoms with Gasteiger partial charge in [0.2, 0.25) is 5.91 Å². The lowest BCUT2D eigenvalue weighted by Gasteiger charge is -2.10. The number of halogens is 1. The van der Waals surface area contributed by atoms with Gasteiger partial charge in [0, 0.05) is 11.1 Å². The highest BCUT2D eigenvalue weighted by molar-refractivity contribution is 7.80. The lowest BCUT2D eigenvalue weighted by molar-refractivity contribution is -0.123. The Kier molecular flexibility index (Phi) is 7.00. The second-order valence-electron chi connectivity index (χ2n) is 4.58. The maximum atomic E-state index is 11.6. The number of nitrogens with one attached hydrogen (secondary N) is 3. The van der Waals surface area contributed by atoms with E-state index in [0.717, 1.165) is 0 Å². The van der Waals surface area contributed by atoms with Crippen LogP contribution in [-0.4, -0.2) is 23.5 Å². The van der Waals surface area contributed by atoms with Gasteiger partial charge in [-0.3, -0.25) is 25.8 Å². The minimum Gasteiger partial charge on any atom is -0.484 e. The van der Waals surface area contributed by atoms with E-state index in [9.17, 15) is 9.59 Å². The number of benzene rings is 1. The minimum absolute atomic E-state index is 0.0612. The van der Waals surface area contributed by atoms with Crippen LogP contribution in [0.15, 0.2) is 53.2 Å². The molecule has 0 spiro atoms. The zero-order chi connectivity index (χ0) is 18.1. The molecule has 1 aromatic heterocycles. The van der Waals surface area contributed by atoms with Gasteiger partial charge in [-0.2, -0.15) is 0 Å². The van der Waals surface area contributed by atoms with Crippen molar-refractivity contribution >= 4 is 46.8 Å². The van der Waals surface area contributed by atoms with Gasteiger partial charge in [-0.05, 0) is 54.7 Å². The van der Waals surface area contributed by atoms with Gasteiger partial charge < -0.3 is 9.15 Å². The van der Waals surface area contributed by atoms with Crippen LogP contribution in [-0.2, 0) is 9.59 Å². The monoisotopic (exact) mass is 379 g/mol. The molecule has 9 heteroatoms. The van der Waals surface area contributed by atoms with Gasteiger partial charge in [0.15, 0.2) is 11.7 Å². The van der Waals surface area contributed by atoms with Crippen LogP contribution in [0.5, 0.6) is 5.75 Å². The SMILES string of the molecule is O=C(/C=C/c1ccco1)NC(=S)NNC(=O)COc1ccc(Cl)cc1. The molecule has 0 aliphatic heterocycles. The van der Waals surface area contributed by atoms with Crippen LogP contribution in [0.4, 0.5) is 0 Å². The average molecular weight is 380 g/mol. The summed E-state index contributed by atoms with van der Waals surface area (Å²) in [6.45, 7) is -0.233. The first-order valence-electron chi connectivity index (χ1n) is 7.02. The number of amides is 2. The zero-order valence-corrected chi connectivity index (χ0v) is 14.4. The highest BCUT2D eigenvalue weighted by atomic mass is 35.5. The Morgan fingerprint density at radius 3 is 2.64 bits per heavy atom. The topological polar surface area (TPSA) is 92.6 Å². The molecule has 0 fully saturated rings. The molecule has 0 saturated carbocycles. The molecule has 2 amide bonds. The Morgan fingerprint density at radius 2 is 1.96 bits per heavy atom. The van der Waals surface area contributed by atoms with E-state index in [1.165, 1.54) is 18.4 Å². The summed E-state index contributed by atoms with van der Waals surface area (Å²) < 4.78 is 10.3. The molecular formula is C16H14ClN3O4S. The van der Waals surface area contributed by atoms with E-state index in [1.54, 1.807) is 36.4 Å². The normalized spacial score (nSPS) is 10.3. The first-order valence-corrected chi connectivity index (χ1v) is 7.81. The van der Waals surface area contributed by atoms with E-state index in [4.69, 9.17) is 33.0 Å². The van der Waals surface area contributed by atoms with Crippen molar-refractivity contribution in [2.45, 2.75) is 0 Å². The fourth-order valence-electron chi connectivity index (χ4n) is 1.57. The van der Waals surface area contributed by atoms with Gasteiger partial charge in [-0.1, -0.05) is 11.6 Å². The maximum Gasteiger partial charge on any atom is 0.276 e. The summed E-state index contributed by atoms with van der Waals surface area (Å²) in [6.07, 6.45) is 4.22. The Bertz CT molecular complexity index is 760. The second-order valence-corrected chi connectivity index (χ2v) is 5.43. The van der Waals surface area contributed by atoms with E-state index in [1.807, 2.05) is 0 Å². The predicted octanol–water partition coefficient (Wildman–Crippen LogP) is 2.05. The number of hydrogen-bond acceptors (Lipinski definition) is 5. The second kappa shape index (κ2) is 9.45. The summed E-state index contributed by atoms with van der Waals surface area (Å²) in [5.74, 6) is 0.0819. The molecule has 2 aromatic rings. The standard InChI is InChI=1S/C16H14ClN3O4S/c17-11-3-5-13(6-4-11)24-10-15(22)19-20-16(25)18-14(21)8-7-12-2-1-9-23-12/h1-9H,10H2,(H,19,22)(H2,18,20,21,25)/b8-7+. The number of thiocarbonyl (C=S) groups is 1. The van der Waals surface area contributed by atoms with Crippen molar-refractivity contribution in [3.8, 4) is 5.75 Å². The zero-order valence-electron chi connectivity index (χ0n) is 12.8. The third kappa shape index (κ3) is 7.06. The average Bonchev–Trinajstić information content (AvgIpc) is 3.11. The highest BCUT2D eigenvalue weighted by Gasteiger charge is 2.05. The van der Waals surface area contributed by atoms with Gasteiger partial charge in [-0.25, -0.2) is 0 Å². The highest BCUT2D eigenvalue weighted by Crippen LogP contribution is 2.15. The molecule has 1 aromatic carbocycles. The van der Waals surface area contributed by atoms with E-state index in [2.05, 4.69) is 16.2 Å². The third-order valence-corrected chi connectivity index (χ3v) is 3.13. The van der Waals surface area contributed by atoms with Crippen molar-refractivity contribution in [3.05, 3.63) is 59.5 Å². The summed E-state index contributed by atoms with van der Waals surface area (Å²) in [5, 5.41) is 2.87. The lowest BCUT2D eigenvalue weighted by Crippen LogP contribution is -2.49. The number of hydrogen-bond donors (Lipinski definition) is 3. The molecule has 25 heavy (non-hydrogen) atoms. The Morgan fingerprint density at radius 1 is 1.20 bits per heavy atom. The third-order valence-electron chi connectivity index (χ3n) is 2.68. The molecule has 1 heterocycles. The van der Waals surface area contributed by atoms with Crippen molar-refractivity contribution < 1.29 is 18.7 Å². The van der Waals surface area contributed by atoms with E-state index in [0.29, 0.717) is 16.5 Å². The number of carbonyl (C=O) groups excluding carboxylic acids is 2. The molecule has 0 atom stereocenters. The molecule has 0 bridgehead atoms. The molecule has 0 aliphatic rings. The number of rotatable bonds is 5. The van der Waals surface area contributed by atoms with Crippen molar-refractivity contribution in [1.29, 1.82) is 0 Å². The van der Waals surface area contributed by atoms with Crippen molar-refractivity contribution in [2.24, 2.45) is 0 Å². The van der Waals surface area contributed by atoms with Crippen LogP contribution >= 0.6 is 23.8 Å². The molecule has 0 radical (unpaired) electrons. The first-order chi connectivity index (χ1) is 12.0. The van der Waals surface area contributed by atoms with Gasteiger partial charge in [0.1, 0.15) is 11.5 Å². The van der Waals surface area contributed by atoms with Crippen LogP contribution in [0.1, 0.15) is 5.76 Å². The van der Waals surface area contributed by atoms with Crippen LogP contribution in [0.3, 0.4) is 0 Å². The van der Waals surface area contributed by atoms with Gasteiger partial charge in [-0.15, -0.1) is 0 Å². The van der Waals surface area contributed by atoms with Crippen LogP contribution in [0.2, 0.25) is 5.02 Å². The minimum atomic E-state index is -0.474.